The summed E-state index contributed by atoms with van der Waals surface area (Å²) in [6.07, 6.45) is 4.19. The monoisotopic (exact) mass is 144 g/mol. The molecule has 0 unspecified atom stereocenters. The van der Waals surface area contributed by atoms with E-state index in [2.05, 4.69) is 11.8 Å². The number of rotatable bonds is 0. The summed E-state index contributed by atoms with van der Waals surface area (Å²) < 4.78 is 6.05. The Morgan fingerprint density at radius 1 is 1.11 bits per heavy atom. The van der Waals surface area contributed by atoms with Crippen molar-refractivity contribution in [2.75, 3.05) is 19.0 Å². The van der Waals surface area contributed by atoms with Gasteiger partial charge in [-0.05, 0) is 19.3 Å². The average molecular weight is 144 g/mol. The Morgan fingerprint density at radius 2 is 2.00 bits per heavy atom. The van der Waals surface area contributed by atoms with Crippen molar-refractivity contribution >= 4 is 11.8 Å². The van der Waals surface area contributed by atoms with E-state index in [0.29, 0.717) is 4.75 Å². The number of ether oxygens (including phenoxy) is 1. The number of hydrogen-bond donors (Lipinski definition) is 0. The summed E-state index contributed by atoms with van der Waals surface area (Å²) in [6, 6.07) is 0. The van der Waals surface area contributed by atoms with Crippen LogP contribution in [0.5, 0.6) is 0 Å². The molecule has 2 rings (SSSR count). The van der Waals surface area contributed by atoms with Gasteiger partial charge in [-0.1, -0.05) is 0 Å². The minimum absolute atomic E-state index is 0.705. The fraction of sp³-hybridized carbons (Fsp3) is 1.00. The maximum atomic E-state index is 5.35. The molecule has 0 amide bonds. The van der Waals surface area contributed by atoms with Gasteiger partial charge in [0.1, 0.15) is 0 Å². The van der Waals surface area contributed by atoms with Crippen LogP contribution in [-0.4, -0.2) is 23.7 Å². The number of thioether (sulfide) groups is 1. The second kappa shape index (κ2) is 2.17. The second-order valence-electron chi connectivity index (χ2n) is 2.89. The van der Waals surface area contributed by atoms with Gasteiger partial charge in [-0.15, -0.1) is 0 Å². The van der Waals surface area contributed by atoms with Crippen LogP contribution >= 0.6 is 11.8 Å². The summed E-state index contributed by atoms with van der Waals surface area (Å²) in [4.78, 5) is 0. The average Bonchev–Trinajstić information content (AvgIpc) is 2.64. The van der Waals surface area contributed by atoms with E-state index in [9.17, 15) is 0 Å². The lowest BCUT2D eigenvalue weighted by atomic mass is 10.3. The van der Waals surface area contributed by atoms with Crippen LogP contribution in [0.3, 0.4) is 0 Å². The van der Waals surface area contributed by atoms with Crippen LogP contribution in [0, 0.1) is 0 Å². The summed E-state index contributed by atoms with van der Waals surface area (Å²) in [5.74, 6) is 1.22. The third-order valence-electron chi connectivity index (χ3n) is 2.15. The summed E-state index contributed by atoms with van der Waals surface area (Å²) >= 11 is 2.13. The van der Waals surface area contributed by atoms with E-state index in [1.165, 1.54) is 25.0 Å². The van der Waals surface area contributed by atoms with Gasteiger partial charge in [0.25, 0.3) is 0 Å². The second-order valence-corrected chi connectivity index (χ2v) is 4.46. The first-order valence-corrected chi connectivity index (χ1v) is 4.62. The first-order valence-electron chi connectivity index (χ1n) is 3.63. The van der Waals surface area contributed by atoms with E-state index in [4.69, 9.17) is 4.74 Å². The summed E-state index contributed by atoms with van der Waals surface area (Å²) in [5.41, 5.74) is 0. The standard InChI is InChI=1S/C7H12OS/c1-2-7(1)3-4-8-5-6-9-7/h1-6H2. The van der Waals surface area contributed by atoms with E-state index >= 15 is 0 Å². The Morgan fingerprint density at radius 3 is 2.78 bits per heavy atom. The van der Waals surface area contributed by atoms with Crippen molar-refractivity contribution in [2.45, 2.75) is 24.0 Å². The first kappa shape index (κ1) is 6.05. The Balaban J connectivity index is 1.92. The predicted molar refractivity (Wildman–Crippen MR) is 39.9 cm³/mol. The molecule has 2 fully saturated rings. The quantitative estimate of drug-likeness (QED) is 0.511. The highest BCUT2D eigenvalue weighted by Gasteiger charge is 2.43. The van der Waals surface area contributed by atoms with E-state index in [-0.39, 0.29) is 0 Å². The molecule has 52 valence electrons. The van der Waals surface area contributed by atoms with Gasteiger partial charge in [0.2, 0.25) is 0 Å². The van der Waals surface area contributed by atoms with Crippen LogP contribution in [0.15, 0.2) is 0 Å². The third-order valence-corrected chi connectivity index (χ3v) is 3.74. The lowest BCUT2D eigenvalue weighted by Gasteiger charge is -2.06. The molecule has 1 heterocycles. The van der Waals surface area contributed by atoms with Gasteiger partial charge in [-0.25, -0.2) is 0 Å². The highest BCUT2D eigenvalue weighted by Crippen LogP contribution is 2.51. The maximum absolute atomic E-state index is 5.35. The highest BCUT2D eigenvalue weighted by molar-refractivity contribution is 8.00. The van der Waals surface area contributed by atoms with Crippen LogP contribution in [0.2, 0.25) is 0 Å². The van der Waals surface area contributed by atoms with E-state index < -0.39 is 0 Å². The molecule has 0 aromatic carbocycles. The van der Waals surface area contributed by atoms with Gasteiger partial charge in [0, 0.05) is 17.1 Å². The molecule has 0 bridgehead atoms. The van der Waals surface area contributed by atoms with E-state index in [1.54, 1.807) is 0 Å². The molecule has 2 aliphatic rings. The molecule has 1 saturated carbocycles. The third kappa shape index (κ3) is 1.24. The van der Waals surface area contributed by atoms with Crippen molar-refractivity contribution in [3.63, 3.8) is 0 Å². The molecule has 1 aliphatic carbocycles. The molecule has 1 nitrogen and oxygen atoms in total. The van der Waals surface area contributed by atoms with Crippen LogP contribution in [0.25, 0.3) is 0 Å². The smallest absolute Gasteiger partial charge is 0.0556 e. The minimum Gasteiger partial charge on any atom is -0.381 e. The zero-order chi connectivity index (χ0) is 6.16. The predicted octanol–water partition coefficient (Wildman–Crippen LogP) is 1.67. The molecule has 9 heavy (non-hydrogen) atoms. The first-order chi connectivity index (χ1) is 4.41. The Hall–Kier alpha value is 0.310. The topological polar surface area (TPSA) is 9.23 Å². The molecule has 0 aromatic heterocycles. The molecular weight excluding hydrogens is 132 g/mol. The van der Waals surface area contributed by atoms with Crippen molar-refractivity contribution in [1.29, 1.82) is 0 Å². The summed E-state index contributed by atoms with van der Waals surface area (Å²) in [6.45, 7) is 1.99. The molecule has 1 spiro atoms. The Kier molecular flexibility index (Phi) is 1.46. The van der Waals surface area contributed by atoms with Gasteiger partial charge in [0.15, 0.2) is 0 Å². The Labute approximate surface area is 60.2 Å². The normalized spacial score (nSPS) is 32.0. The Bertz CT molecular complexity index is 99.5. The maximum Gasteiger partial charge on any atom is 0.0556 e. The summed E-state index contributed by atoms with van der Waals surface area (Å²) in [7, 11) is 0. The van der Waals surface area contributed by atoms with E-state index in [1.807, 2.05) is 0 Å². The van der Waals surface area contributed by atoms with Gasteiger partial charge >= 0.3 is 0 Å². The molecule has 2 heteroatoms. The van der Waals surface area contributed by atoms with Crippen LogP contribution < -0.4 is 0 Å². The highest BCUT2D eigenvalue weighted by atomic mass is 32.2. The minimum atomic E-state index is 0.705. The lowest BCUT2D eigenvalue weighted by molar-refractivity contribution is 0.150. The summed E-state index contributed by atoms with van der Waals surface area (Å²) in [5, 5.41) is 0. The van der Waals surface area contributed by atoms with Gasteiger partial charge < -0.3 is 4.74 Å². The molecule has 0 aromatic rings. The molecular formula is C7H12OS. The van der Waals surface area contributed by atoms with Crippen molar-refractivity contribution in [3.05, 3.63) is 0 Å². The molecule has 1 aliphatic heterocycles. The molecule has 0 N–H and O–H groups in total. The van der Waals surface area contributed by atoms with Gasteiger partial charge in [-0.2, -0.15) is 11.8 Å². The molecule has 0 radical (unpaired) electrons. The fourth-order valence-corrected chi connectivity index (χ4v) is 2.54. The van der Waals surface area contributed by atoms with Crippen LogP contribution in [-0.2, 0) is 4.74 Å². The van der Waals surface area contributed by atoms with Gasteiger partial charge in [-0.3, -0.25) is 0 Å². The van der Waals surface area contributed by atoms with E-state index in [0.717, 1.165) is 13.2 Å². The molecule has 1 saturated heterocycles. The van der Waals surface area contributed by atoms with Crippen molar-refractivity contribution in [3.8, 4) is 0 Å². The fourth-order valence-electron chi connectivity index (χ4n) is 1.28. The largest absolute Gasteiger partial charge is 0.381 e. The van der Waals surface area contributed by atoms with Crippen LogP contribution in [0.4, 0.5) is 0 Å². The zero-order valence-corrected chi connectivity index (χ0v) is 6.38. The zero-order valence-electron chi connectivity index (χ0n) is 5.56. The SMILES string of the molecule is C1CSC2(CCO1)CC2. The van der Waals surface area contributed by atoms with Crippen molar-refractivity contribution in [2.24, 2.45) is 0 Å². The molecule has 0 atom stereocenters. The van der Waals surface area contributed by atoms with Crippen LogP contribution in [0.1, 0.15) is 19.3 Å². The number of hydrogen-bond acceptors (Lipinski definition) is 2. The van der Waals surface area contributed by atoms with Crippen molar-refractivity contribution < 1.29 is 4.74 Å². The lowest BCUT2D eigenvalue weighted by Crippen LogP contribution is -2.02. The van der Waals surface area contributed by atoms with Crippen molar-refractivity contribution in [1.82, 2.24) is 0 Å². The van der Waals surface area contributed by atoms with Gasteiger partial charge in [0.05, 0.1) is 6.61 Å².